The third kappa shape index (κ3) is 1.13. The molecule has 2 rings (SSSR count). The number of aromatic nitrogens is 1. The van der Waals surface area contributed by atoms with Gasteiger partial charge in [-0.1, -0.05) is 6.08 Å². The second-order valence-corrected chi connectivity index (χ2v) is 2.57. The largest absolute Gasteiger partial charge is 0.481 e. The number of rotatable bonds is 1. The lowest BCUT2D eigenvalue weighted by molar-refractivity contribution is 0.397. The molecule has 1 aromatic heterocycles. The van der Waals surface area contributed by atoms with Crippen molar-refractivity contribution in [1.29, 1.82) is 0 Å². The van der Waals surface area contributed by atoms with Gasteiger partial charge in [-0.15, -0.1) is 0 Å². The fraction of sp³-hybridized carbons (Fsp3) is 0.222. The van der Waals surface area contributed by atoms with Crippen LogP contribution in [-0.4, -0.2) is 18.6 Å². The first-order valence-electron chi connectivity index (χ1n) is 3.85. The smallest absolute Gasteiger partial charge is 0.213 e. The Morgan fingerprint density at radius 2 is 2.42 bits per heavy atom. The average molecular weight is 162 g/mol. The van der Waals surface area contributed by atoms with Crippen LogP contribution in [0, 0.1) is 0 Å². The van der Waals surface area contributed by atoms with Crippen LogP contribution in [0.15, 0.2) is 18.2 Å². The maximum atomic E-state index is 5.01. The lowest BCUT2D eigenvalue weighted by Crippen LogP contribution is -2.05. The third-order valence-electron chi connectivity index (χ3n) is 1.79. The molecule has 0 aromatic carbocycles. The predicted octanol–water partition coefficient (Wildman–Crippen LogP) is 1.53. The molecule has 0 radical (unpaired) electrons. The minimum atomic E-state index is 0.655. The van der Waals surface area contributed by atoms with Gasteiger partial charge in [-0.2, -0.15) is 0 Å². The van der Waals surface area contributed by atoms with Crippen molar-refractivity contribution in [3.05, 3.63) is 23.9 Å². The van der Waals surface area contributed by atoms with E-state index >= 15 is 0 Å². The van der Waals surface area contributed by atoms with E-state index in [0.717, 1.165) is 17.9 Å². The number of hydrogen-bond donors (Lipinski definition) is 1. The van der Waals surface area contributed by atoms with E-state index in [1.165, 1.54) is 0 Å². The highest BCUT2D eigenvalue weighted by Gasteiger charge is 2.05. The van der Waals surface area contributed by atoms with Gasteiger partial charge in [0, 0.05) is 12.6 Å². The maximum absolute atomic E-state index is 5.01. The molecule has 0 amide bonds. The van der Waals surface area contributed by atoms with E-state index in [1.807, 2.05) is 24.3 Å². The molecular formula is C9H10N2O. The highest BCUT2D eigenvalue weighted by Crippen LogP contribution is 2.21. The van der Waals surface area contributed by atoms with Crippen molar-refractivity contribution in [1.82, 2.24) is 4.98 Å². The lowest BCUT2D eigenvalue weighted by atomic mass is 10.2. The van der Waals surface area contributed by atoms with Crippen molar-refractivity contribution in [3.63, 3.8) is 0 Å². The van der Waals surface area contributed by atoms with Crippen LogP contribution in [0.2, 0.25) is 0 Å². The second-order valence-electron chi connectivity index (χ2n) is 2.57. The number of hydrogen-bond acceptors (Lipinski definition) is 3. The van der Waals surface area contributed by atoms with Gasteiger partial charge in [-0.25, -0.2) is 4.98 Å². The number of nitrogens with zero attached hydrogens (tertiary/aromatic N) is 1. The molecule has 0 fully saturated rings. The van der Waals surface area contributed by atoms with Crippen LogP contribution in [0.1, 0.15) is 5.69 Å². The topological polar surface area (TPSA) is 34.1 Å². The minimum Gasteiger partial charge on any atom is -0.481 e. The van der Waals surface area contributed by atoms with Gasteiger partial charge in [0.2, 0.25) is 5.88 Å². The molecule has 0 bridgehead atoms. The molecule has 0 spiro atoms. The summed E-state index contributed by atoms with van der Waals surface area (Å²) in [4.78, 5) is 4.26. The molecule has 1 aliphatic rings. The Bertz CT molecular complexity index is 320. The number of pyridine rings is 1. The van der Waals surface area contributed by atoms with E-state index in [2.05, 4.69) is 10.3 Å². The summed E-state index contributed by atoms with van der Waals surface area (Å²) >= 11 is 0. The highest BCUT2D eigenvalue weighted by atomic mass is 16.5. The Kier molecular flexibility index (Phi) is 1.70. The molecule has 3 nitrogen and oxygen atoms in total. The minimum absolute atomic E-state index is 0.655. The van der Waals surface area contributed by atoms with E-state index in [4.69, 9.17) is 4.74 Å². The molecule has 0 unspecified atom stereocenters. The number of methoxy groups -OCH3 is 1. The van der Waals surface area contributed by atoms with Gasteiger partial charge in [0.05, 0.1) is 18.5 Å². The summed E-state index contributed by atoms with van der Waals surface area (Å²) in [5.41, 5.74) is 2.01. The molecule has 12 heavy (non-hydrogen) atoms. The van der Waals surface area contributed by atoms with Crippen LogP contribution in [0.3, 0.4) is 0 Å². The van der Waals surface area contributed by atoms with Crippen molar-refractivity contribution in [2.45, 2.75) is 0 Å². The van der Waals surface area contributed by atoms with Crippen LogP contribution in [0.25, 0.3) is 6.08 Å². The monoisotopic (exact) mass is 162 g/mol. The Labute approximate surface area is 71.1 Å². The molecule has 1 N–H and O–H groups in total. The number of nitrogens with one attached hydrogen (secondary N) is 1. The van der Waals surface area contributed by atoms with Gasteiger partial charge in [0.1, 0.15) is 0 Å². The lowest BCUT2D eigenvalue weighted by Gasteiger charge is -2.12. The van der Waals surface area contributed by atoms with E-state index < -0.39 is 0 Å². The van der Waals surface area contributed by atoms with E-state index in [1.54, 1.807) is 7.11 Å². The summed E-state index contributed by atoms with van der Waals surface area (Å²) in [6.45, 7) is 0.876. The quantitative estimate of drug-likeness (QED) is 0.680. The molecule has 1 aliphatic heterocycles. The summed E-state index contributed by atoms with van der Waals surface area (Å²) < 4.78 is 5.01. The second kappa shape index (κ2) is 2.85. The van der Waals surface area contributed by atoms with Gasteiger partial charge in [0.25, 0.3) is 0 Å². The zero-order chi connectivity index (χ0) is 8.39. The molecular weight excluding hydrogens is 152 g/mol. The molecule has 3 heteroatoms. The summed E-state index contributed by atoms with van der Waals surface area (Å²) in [6.07, 6.45) is 4.03. The summed E-state index contributed by atoms with van der Waals surface area (Å²) in [6, 6.07) is 3.83. The van der Waals surface area contributed by atoms with E-state index in [0.29, 0.717) is 5.88 Å². The van der Waals surface area contributed by atoms with Crippen molar-refractivity contribution in [2.24, 2.45) is 0 Å². The Morgan fingerprint density at radius 3 is 3.25 bits per heavy atom. The van der Waals surface area contributed by atoms with Crippen molar-refractivity contribution in [3.8, 4) is 5.88 Å². The summed E-state index contributed by atoms with van der Waals surface area (Å²) in [7, 11) is 1.62. The highest BCUT2D eigenvalue weighted by molar-refractivity contribution is 5.67. The fourth-order valence-corrected chi connectivity index (χ4v) is 1.19. The van der Waals surface area contributed by atoms with Gasteiger partial charge >= 0.3 is 0 Å². The normalized spacial score (nSPS) is 13.4. The van der Waals surface area contributed by atoms with Gasteiger partial charge in [0.15, 0.2) is 0 Å². The fourth-order valence-electron chi connectivity index (χ4n) is 1.19. The Morgan fingerprint density at radius 1 is 1.50 bits per heavy atom. The van der Waals surface area contributed by atoms with E-state index in [-0.39, 0.29) is 0 Å². The van der Waals surface area contributed by atoms with Gasteiger partial charge in [-0.3, -0.25) is 0 Å². The van der Waals surface area contributed by atoms with Crippen LogP contribution >= 0.6 is 0 Å². The molecule has 0 saturated carbocycles. The molecule has 0 atom stereocenters. The summed E-state index contributed by atoms with van der Waals surface area (Å²) in [5.74, 6) is 0.655. The third-order valence-corrected chi connectivity index (χ3v) is 1.79. The maximum Gasteiger partial charge on any atom is 0.213 e. The van der Waals surface area contributed by atoms with Gasteiger partial charge < -0.3 is 10.1 Å². The van der Waals surface area contributed by atoms with Crippen molar-refractivity contribution < 1.29 is 4.74 Å². The zero-order valence-electron chi connectivity index (χ0n) is 6.87. The molecule has 2 heterocycles. The molecule has 62 valence electrons. The standard InChI is InChI=1S/C9H10N2O/c1-12-9-5-4-7-8(11-9)3-2-6-10-7/h2-5,10H,6H2,1H3. The zero-order valence-corrected chi connectivity index (χ0v) is 6.87. The van der Waals surface area contributed by atoms with E-state index in [9.17, 15) is 0 Å². The Hall–Kier alpha value is -1.51. The van der Waals surface area contributed by atoms with Crippen molar-refractivity contribution >= 4 is 11.8 Å². The number of anilines is 1. The first-order valence-corrected chi connectivity index (χ1v) is 3.85. The number of fused-ring (bicyclic) bond motifs is 1. The predicted molar refractivity (Wildman–Crippen MR) is 48.3 cm³/mol. The van der Waals surface area contributed by atoms with Crippen LogP contribution in [0.5, 0.6) is 5.88 Å². The average Bonchev–Trinajstić information content (AvgIpc) is 2.17. The van der Waals surface area contributed by atoms with Crippen molar-refractivity contribution in [2.75, 3.05) is 19.0 Å². The van der Waals surface area contributed by atoms with Gasteiger partial charge in [-0.05, 0) is 12.1 Å². The first kappa shape index (κ1) is 7.16. The Balaban J connectivity index is 2.44. The molecule has 0 aliphatic carbocycles. The van der Waals surface area contributed by atoms with Crippen LogP contribution < -0.4 is 10.1 Å². The molecule has 0 saturated heterocycles. The van der Waals surface area contributed by atoms with Crippen LogP contribution in [-0.2, 0) is 0 Å². The first-order chi connectivity index (χ1) is 5.90. The van der Waals surface area contributed by atoms with Crippen LogP contribution in [0.4, 0.5) is 5.69 Å². The SMILES string of the molecule is COc1ccc2c(n1)C=CCN2. The molecule has 1 aromatic rings. The summed E-state index contributed by atoms with van der Waals surface area (Å²) in [5, 5.41) is 3.21. The number of ether oxygens (including phenoxy) is 1.